The average molecular weight is 257 g/mol. The first-order valence-electron chi connectivity index (χ1n) is 6.45. The summed E-state index contributed by atoms with van der Waals surface area (Å²) in [5, 5.41) is 2.75. The molecule has 106 valence electrons. The van der Waals surface area contributed by atoms with E-state index in [0.29, 0.717) is 18.9 Å². The number of carbonyl (C=O) groups is 2. The summed E-state index contributed by atoms with van der Waals surface area (Å²) in [6.07, 6.45) is 1.34. The molecule has 5 nitrogen and oxygen atoms in total. The van der Waals surface area contributed by atoms with E-state index in [9.17, 15) is 9.59 Å². The number of rotatable bonds is 8. The minimum Gasteiger partial charge on any atom is -0.369 e. The van der Waals surface area contributed by atoms with Gasteiger partial charge in [-0.3, -0.25) is 9.59 Å². The Kier molecular flexibility index (Phi) is 6.91. The maximum Gasteiger partial charge on any atom is 0.224 e. The highest BCUT2D eigenvalue weighted by molar-refractivity contribution is 5.82. The molecule has 0 aliphatic heterocycles. The molecule has 0 radical (unpaired) electrons. The van der Waals surface area contributed by atoms with E-state index in [1.807, 2.05) is 0 Å². The Morgan fingerprint density at radius 2 is 1.83 bits per heavy atom. The largest absolute Gasteiger partial charge is 0.369 e. The van der Waals surface area contributed by atoms with Crippen molar-refractivity contribution in [1.82, 2.24) is 5.32 Å². The lowest BCUT2D eigenvalue weighted by Gasteiger charge is -2.22. The third-order valence-electron chi connectivity index (χ3n) is 3.01. The minimum atomic E-state index is -0.716. The molecule has 0 saturated carbocycles. The van der Waals surface area contributed by atoms with Gasteiger partial charge >= 0.3 is 0 Å². The van der Waals surface area contributed by atoms with Crippen LogP contribution < -0.4 is 16.8 Å². The van der Waals surface area contributed by atoms with Gasteiger partial charge in [0.15, 0.2) is 0 Å². The van der Waals surface area contributed by atoms with Crippen molar-refractivity contribution in [1.29, 1.82) is 0 Å². The molecule has 0 unspecified atom stereocenters. The molecule has 0 bridgehead atoms. The topological polar surface area (TPSA) is 98.2 Å². The van der Waals surface area contributed by atoms with Crippen molar-refractivity contribution in [3.05, 3.63) is 0 Å². The molecule has 0 aromatic carbocycles. The quantitative estimate of drug-likeness (QED) is 0.594. The molecule has 0 fully saturated rings. The first kappa shape index (κ1) is 16.9. The van der Waals surface area contributed by atoms with Crippen LogP contribution in [-0.4, -0.2) is 24.9 Å². The standard InChI is InChI=1S/C13H27N3O2/c1-9(2)5-10(7-14)6-11(17)16-8-13(3,4)12(15)18/h9-10H,5-8,14H2,1-4H3,(H2,15,18)(H,16,17)/t10-/m0/s1. The SMILES string of the molecule is CC(C)C[C@H](CN)CC(=O)NCC(C)(C)C(N)=O. The first-order chi connectivity index (χ1) is 8.19. The molecule has 0 aliphatic rings. The lowest BCUT2D eigenvalue weighted by atomic mass is 9.91. The number of amides is 2. The number of hydrogen-bond acceptors (Lipinski definition) is 3. The van der Waals surface area contributed by atoms with Crippen molar-refractivity contribution in [3.63, 3.8) is 0 Å². The Balaban J connectivity index is 4.14. The zero-order valence-corrected chi connectivity index (χ0v) is 12.0. The fourth-order valence-corrected chi connectivity index (χ4v) is 1.67. The summed E-state index contributed by atoms with van der Waals surface area (Å²) < 4.78 is 0. The van der Waals surface area contributed by atoms with Gasteiger partial charge in [-0.05, 0) is 38.6 Å². The summed E-state index contributed by atoms with van der Waals surface area (Å²) in [6.45, 7) is 8.41. The molecular weight excluding hydrogens is 230 g/mol. The summed E-state index contributed by atoms with van der Waals surface area (Å²) in [5.41, 5.74) is 10.2. The molecular formula is C13H27N3O2. The van der Waals surface area contributed by atoms with Gasteiger partial charge in [0, 0.05) is 13.0 Å². The van der Waals surface area contributed by atoms with Gasteiger partial charge in [0.05, 0.1) is 5.41 Å². The molecule has 18 heavy (non-hydrogen) atoms. The van der Waals surface area contributed by atoms with Crippen LogP contribution >= 0.6 is 0 Å². The highest BCUT2D eigenvalue weighted by Gasteiger charge is 2.25. The van der Waals surface area contributed by atoms with Gasteiger partial charge in [0.1, 0.15) is 0 Å². The van der Waals surface area contributed by atoms with Crippen molar-refractivity contribution in [2.75, 3.05) is 13.1 Å². The van der Waals surface area contributed by atoms with Crippen molar-refractivity contribution in [3.8, 4) is 0 Å². The highest BCUT2D eigenvalue weighted by atomic mass is 16.2. The monoisotopic (exact) mass is 257 g/mol. The van der Waals surface area contributed by atoms with Crippen LogP contribution in [0.25, 0.3) is 0 Å². The molecule has 0 aliphatic carbocycles. The Bertz CT molecular complexity index is 288. The van der Waals surface area contributed by atoms with Gasteiger partial charge in [-0.2, -0.15) is 0 Å². The molecule has 5 N–H and O–H groups in total. The fraction of sp³-hybridized carbons (Fsp3) is 0.846. The molecule has 0 aromatic heterocycles. The van der Waals surface area contributed by atoms with E-state index in [1.54, 1.807) is 13.8 Å². The van der Waals surface area contributed by atoms with E-state index in [4.69, 9.17) is 11.5 Å². The predicted octanol–water partition coefficient (Wildman–Crippen LogP) is 0.625. The van der Waals surface area contributed by atoms with E-state index in [-0.39, 0.29) is 18.4 Å². The van der Waals surface area contributed by atoms with E-state index in [1.165, 1.54) is 0 Å². The second-order valence-electron chi connectivity index (χ2n) is 5.96. The molecule has 1 atom stereocenters. The molecule has 2 amide bonds. The summed E-state index contributed by atoms with van der Waals surface area (Å²) >= 11 is 0. The Hall–Kier alpha value is -1.10. The summed E-state index contributed by atoms with van der Waals surface area (Å²) in [4.78, 5) is 22.9. The molecule has 0 saturated heterocycles. The Morgan fingerprint density at radius 3 is 2.22 bits per heavy atom. The third-order valence-corrected chi connectivity index (χ3v) is 3.01. The summed E-state index contributed by atoms with van der Waals surface area (Å²) in [5.74, 6) is 0.232. The average Bonchev–Trinajstić information content (AvgIpc) is 2.24. The molecule has 0 aromatic rings. The van der Waals surface area contributed by atoms with E-state index < -0.39 is 11.3 Å². The predicted molar refractivity (Wildman–Crippen MR) is 72.6 cm³/mol. The number of nitrogens with one attached hydrogen (secondary N) is 1. The molecule has 5 heteroatoms. The summed E-state index contributed by atoms with van der Waals surface area (Å²) in [7, 11) is 0. The Labute approximate surface area is 110 Å². The lowest BCUT2D eigenvalue weighted by molar-refractivity contribution is -0.127. The van der Waals surface area contributed by atoms with Crippen molar-refractivity contribution in [2.24, 2.45) is 28.7 Å². The summed E-state index contributed by atoms with van der Waals surface area (Å²) in [6, 6.07) is 0. The normalized spacial score (nSPS) is 13.4. The van der Waals surface area contributed by atoms with Crippen molar-refractivity contribution >= 4 is 11.8 Å². The third kappa shape index (κ3) is 6.59. The van der Waals surface area contributed by atoms with Crippen LogP contribution in [0.15, 0.2) is 0 Å². The molecule has 0 heterocycles. The van der Waals surface area contributed by atoms with E-state index in [2.05, 4.69) is 19.2 Å². The lowest BCUT2D eigenvalue weighted by Crippen LogP contribution is -2.43. The number of carbonyl (C=O) groups excluding carboxylic acids is 2. The highest BCUT2D eigenvalue weighted by Crippen LogP contribution is 2.15. The van der Waals surface area contributed by atoms with Crippen LogP contribution in [0.2, 0.25) is 0 Å². The molecule has 0 spiro atoms. The molecule has 0 rings (SSSR count). The fourth-order valence-electron chi connectivity index (χ4n) is 1.67. The maximum atomic E-state index is 11.7. The zero-order valence-electron chi connectivity index (χ0n) is 12.0. The first-order valence-corrected chi connectivity index (χ1v) is 6.45. The van der Waals surface area contributed by atoms with Gasteiger partial charge in [-0.1, -0.05) is 13.8 Å². The van der Waals surface area contributed by atoms with Crippen LogP contribution in [0.5, 0.6) is 0 Å². The van der Waals surface area contributed by atoms with Gasteiger partial charge in [0.25, 0.3) is 0 Å². The van der Waals surface area contributed by atoms with E-state index in [0.717, 1.165) is 6.42 Å². The van der Waals surface area contributed by atoms with Crippen LogP contribution in [0.4, 0.5) is 0 Å². The van der Waals surface area contributed by atoms with Gasteiger partial charge in [-0.15, -0.1) is 0 Å². The number of nitrogens with two attached hydrogens (primary N) is 2. The van der Waals surface area contributed by atoms with Crippen LogP contribution in [-0.2, 0) is 9.59 Å². The van der Waals surface area contributed by atoms with Gasteiger partial charge < -0.3 is 16.8 Å². The number of hydrogen-bond donors (Lipinski definition) is 3. The zero-order chi connectivity index (χ0) is 14.3. The van der Waals surface area contributed by atoms with Gasteiger partial charge in [-0.25, -0.2) is 0 Å². The van der Waals surface area contributed by atoms with E-state index >= 15 is 0 Å². The van der Waals surface area contributed by atoms with Crippen molar-refractivity contribution in [2.45, 2.75) is 40.5 Å². The van der Waals surface area contributed by atoms with Crippen LogP contribution in [0, 0.1) is 17.3 Å². The second kappa shape index (κ2) is 7.36. The van der Waals surface area contributed by atoms with Crippen LogP contribution in [0.3, 0.4) is 0 Å². The van der Waals surface area contributed by atoms with Gasteiger partial charge in [0.2, 0.25) is 11.8 Å². The second-order valence-corrected chi connectivity index (χ2v) is 5.96. The smallest absolute Gasteiger partial charge is 0.224 e. The van der Waals surface area contributed by atoms with Crippen molar-refractivity contribution < 1.29 is 9.59 Å². The Morgan fingerprint density at radius 1 is 1.28 bits per heavy atom. The minimum absolute atomic E-state index is 0.0691. The maximum absolute atomic E-state index is 11.7. The number of primary amides is 1. The van der Waals surface area contributed by atoms with Crippen LogP contribution in [0.1, 0.15) is 40.5 Å².